The molecule has 0 aromatic heterocycles. The fourth-order valence-corrected chi connectivity index (χ4v) is 2.03. The first-order chi connectivity index (χ1) is 8.97. The molecule has 1 amide bonds. The average molecular weight is 265 g/mol. The standard InChI is InChI=1S/C12H15N3O4/c1-7-2-3-8(4-11(7)15(18)19)14-12(17)10-5-9(16)6-13-10/h2-4,9-10,13,16H,5-6H2,1H3,(H,14,17). The first-order valence-corrected chi connectivity index (χ1v) is 5.94. The third kappa shape index (κ3) is 3.07. The second-order valence-electron chi connectivity index (χ2n) is 4.60. The van der Waals surface area contributed by atoms with Crippen molar-refractivity contribution in [2.75, 3.05) is 11.9 Å². The molecule has 3 N–H and O–H groups in total. The van der Waals surface area contributed by atoms with Gasteiger partial charge in [-0.1, -0.05) is 6.07 Å². The van der Waals surface area contributed by atoms with Gasteiger partial charge in [-0.25, -0.2) is 0 Å². The Labute approximate surface area is 109 Å². The number of carbonyl (C=O) groups is 1. The Balaban J connectivity index is 2.09. The minimum atomic E-state index is -0.525. The molecule has 2 atom stereocenters. The highest BCUT2D eigenvalue weighted by Crippen LogP contribution is 2.22. The predicted molar refractivity (Wildman–Crippen MR) is 68.9 cm³/mol. The lowest BCUT2D eigenvalue weighted by Gasteiger charge is -2.11. The Morgan fingerprint density at radius 3 is 2.89 bits per heavy atom. The summed E-state index contributed by atoms with van der Waals surface area (Å²) in [5, 5.41) is 25.6. The van der Waals surface area contributed by atoms with Crippen molar-refractivity contribution >= 4 is 17.3 Å². The fourth-order valence-electron chi connectivity index (χ4n) is 2.03. The number of nitro groups is 1. The Hall–Kier alpha value is -1.99. The van der Waals surface area contributed by atoms with E-state index in [9.17, 15) is 20.0 Å². The first kappa shape index (κ1) is 13.4. The molecule has 1 aromatic rings. The molecule has 1 fully saturated rings. The molecule has 0 spiro atoms. The molecule has 2 unspecified atom stereocenters. The number of anilines is 1. The van der Waals surface area contributed by atoms with E-state index >= 15 is 0 Å². The Morgan fingerprint density at radius 2 is 2.32 bits per heavy atom. The van der Waals surface area contributed by atoms with Gasteiger partial charge in [0.05, 0.1) is 17.1 Å². The second-order valence-corrected chi connectivity index (χ2v) is 4.60. The number of amides is 1. The highest BCUT2D eigenvalue weighted by atomic mass is 16.6. The smallest absolute Gasteiger partial charge is 0.274 e. The number of nitrogens with one attached hydrogen (secondary N) is 2. The minimum absolute atomic E-state index is 0.0304. The molecule has 1 heterocycles. The zero-order valence-electron chi connectivity index (χ0n) is 10.4. The zero-order valence-corrected chi connectivity index (χ0v) is 10.4. The number of benzene rings is 1. The largest absolute Gasteiger partial charge is 0.392 e. The molecule has 102 valence electrons. The van der Waals surface area contributed by atoms with Crippen molar-refractivity contribution < 1.29 is 14.8 Å². The normalized spacial score (nSPS) is 22.2. The van der Waals surface area contributed by atoms with E-state index in [0.717, 1.165) is 0 Å². The monoisotopic (exact) mass is 265 g/mol. The van der Waals surface area contributed by atoms with Crippen molar-refractivity contribution in [3.8, 4) is 0 Å². The number of aryl methyl sites for hydroxylation is 1. The van der Waals surface area contributed by atoms with Crippen LogP contribution in [0.5, 0.6) is 0 Å². The van der Waals surface area contributed by atoms with Crippen molar-refractivity contribution in [2.45, 2.75) is 25.5 Å². The van der Waals surface area contributed by atoms with E-state index < -0.39 is 17.1 Å². The van der Waals surface area contributed by atoms with Crippen molar-refractivity contribution in [1.82, 2.24) is 5.32 Å². The molecule has 1 aromatic carbocycles. The number of nitrogens with zero attached hydrogens (tertiary/aromatic N) is 1. The van der Waals surface area contributed by atoms with Gasteiger partial charge in [0.25, 0.3) is 5.69 Å². The van der Waals surface area contributed by atoms with E-state index in [0.29, 0.717) is 24.2 Å². The van der Waals surface area contributed by atoms with Gasteiger partial charge in [0.1, 0.15) is 0 Å². The van der Waals surface area contributed by atoms with Crippen molar-refractivity contribution in [3.63, 3.8) is 0 Å². The van der Waals surface area contributed by atoms with E-state index in [1.807, 2.05) is 0 Å². The number of hydrogen-bond acceptors (Lipinski definition) is 5. The molecule has 0 saturated carbocycles. The predicted octanol–water partition coefficient (Wildman–Crippen LogP) is 0.565. The molecule has 7 heteroatoms. The van der Waals surface area contributed by atoms with Gasteiger partial charge < -0.3 is 15.7 Å². The van der Waals surface area contributed by atoms with Gasteiger partial charge in [0.15, 0.2) is 0 Å². The van der Waals surface area contributed by atoms with Crippen LogP contribution in [0.15, 0.2) is 18.2 Å². The summed E-state index contributed by atoms with van der Waals surface area (Å²) in [5.41, 5.74) is 0.889. The SMILES string of the molecule is Cc1ccc(NC(=O)C2CC(O)CN2)cc1[N+](=O)[O-]. The second kappa shape index (κ2) is 5.33. The molecule has 0 aliphatic carbocycles. The molecule has 2 rings (SSSR count). The van der Waals surface area contributed by atoms with Crippen LogP contribution < -0.4 is 10.6 Å². The number of hydrogen-bond donors (Lipinski definition) is 3. The molecular formula is C12H15N3O4. The Bertz CT molecular complexity index is 518. The van der Waals surface area contributed by atoms with Gasteiger partial charge in [-0.2, -0.15) is 0 Å². The first-order valence-electron chi connectivity index (χ1n) is 5.94. The average Bonchev–Trinajstić information content (AvgIpc) is 2.78. The maximum Gasteiger partial charge on any atom is 0.274 e. The molecular weight excluding hydrogens is 250 g/mol. The summed E-state index contributed by atoms with van der Waals surface area (Å²) in [5.74, 6) is -0.297. The van der Waals surface area contributed by atoms with E-state index in [1.54, 1.807) is 19.1 Å². The van der Waals surface area contributed by atoms with Crippen LogP contribution in [0.3, 0.4) is 0 Å². The Kier molecular flexibility index (Phi) is 3.77. The summed E-state index contributed by atoms with van der Waals surface area (Å²) in [4.78, 5) is 22.2. The van der Waals surface area contributed by atoms with Gasteiger partial charge in [-0.3, -0.25) is 14.9 Å². The highest BCUT2D eigenvalue weighted by Gasteiger charge is 2.28. The number of rotatable bonds is 3. The van der Waals surface area contributed by atoms with E-state index in [-0.39, 0.29) is 11.6 Å². The number of carbonyl (C=O) groups excluding carboxylic acids is 1. The van der Waals surface area contributed by atoms with Gasteiger partial charge >= 0.3 is 0 Å². The van der Waals surface area contributed by atoms with Gasteiger partial charge in [0, 0.05) is 23.9 Å². The molecule has 1 saturated heterocycles. The van der Waals surface area contributed by atoms with Crippen LogP contribution in [0.1, 0.15) is 12.0 Å². The summed E-state index contributed by atoms with van der Waals surface area (Å²) in [6.07, 6.45) is -0.178. The Morgan fingerprint density at radius 1 is 1.58 bits per heavy atom. The lowest BCUT2D eigenvalue weighted by atomic mass is 10.1. The zero-order chi connectivity index (χ0) is 14.0. The summed E-state index contributed by atoms with van der Waals surface area (Å²) in [6, 6.07) is 4.07. The van der Waals surface area contributed by atoms with Gasteiger partial charge in [0.2, 0.25) is 5.91 Å². The number of nitro benzene ring substituents is 1. The summed E-state index contributed by atoms with van der Waals surface area (Å²) in [6.45, 7) is 2.02. The minimum Gasteiger partial charge on any atom is -0.392 e. The highest BCUT2D eigenvalue weighted by molar-refractivity contribution is 5.95. The van der Waals surface area contributed by atoms with Gasteiger partial charge in [-0.05, 0) is 19.4 Å². The van der Waals surface area contributed by atoms with Crippen LogP contribution in [0, 0.1) is 17.0 Å². The van der Waals surface area contributed by atoms with Crippen LogP contribution in [0.2, 0.25) is 0 Å². The molecule has 19 heavy (non-hydrogen) atoms. The third-order valence-corrected chi connectivity index (χ3v) is 3.10. The molecule has 7 nitrogen and oxygen atoms in total. The molecule has 1 aliphatic rings. The quantitative estimate of drug-likeness (QED) is 0.547. The maximum absolute atomic E-state index is 11.9. The number of β-amino-alcohol motifs (C(OH)–C–C–N with tert-alkyl or cyclic N) is 1. The van der Waals surface area contributed by atoms with Crippen molar-refractivity contribution in [2.24, 2.45) is 0 Å². The maximum atomic E-state index is 11.9. The summed E-state index contributed by atoms with van der Waals surface area (Å²) in [7, 11) is 0. The lowest BCUT2D eigenvalue weighted by Crippen LogP contribution is -2.35. The van der Waals surface area contributed by atoms with E-state index in [1.165, 1.54) is 6.07 Å². The third-order valence-electron chi connectivity index (χ3n) is 3.10. The van der Waals surface area contributed by atoms with Crippen LogP contribution in [0.25, 0.3) is 0 Å². The van der Waals surface area contributed by atoms with E-state index in [4.69, 9.17) is 0 Å². The molecule has 0 bridgehead atoms. The summed E-state index contributed by atoms with van der Waals surface area (Å²) < 4.78 is 0. The number of aliphatic hydroxyl groups excluding tert-OH is 1. The number of aliphatic hydroxyl groups is 1. The van der Waals surface area contributed by atoms with Crippen LogP contribution in [-0.4, -0.2) is 34.6 Å². The van der Waals surface area contributed by atoms with Crippen molar-refractivity contribution in [3.05, 3.63) is 33.9 Å². The van der Waals surface area contributed by atoms with Gasteiger partial charge in [-0.15, -0.1) is 0 Å². The fraction of sp³-hybridized carbons (Fsp3) is 0.417. The molecule has 1 aliphatic heterocycles. The summed E-state index contributed by atoms with van der Waals surface area (Å²) >= 11 is 0. The van der Waals surface area contributed by atoms with Crippen LogP contribution in [-0.2, 0) is 4.79 Å². The van der Waals surface area contributed by atoms with Crippen LogP contribution in [0.4, 0.5) is 11.4 Å². The molecule has 0 radical (unpaired) electrons. The van der Waals surface area contributed by atoms with Crippen LogP contribution >= 0.6 is 0 Å². The van der Waals surface area contributed by atoms with E-state index in [2.05, 4.69) is 10.6 Å². The topological polar surface area (TPSA) is 104 Å². The lowest BCUT2D eigenvalue weighted by molar-refractivity contribution is -0.385. The van der Waals surface area contributed by atoms with Crippen molar-refractivity contribution in [1.29, 1.82) is 0 Å².